The Kier molecular flexibility index (Phi) is 9.34. The van der Waals surface area contributed by atoms with Gasteiger partial charge in [-0.25, -0.2) is 0 Å². The van der Waals surface area contributed by atoms with E-state index >= 15 is 0 Å². The normalized spacial score (nSPS) is 10.6. The summed E-state index contributed by atoms with van der Waals surface area (Å²) in [6, 6.07) is 10.7. The lowest BCUT2D eigenvalue weighted by Crippen LogP contribution is -2.31. The van der Waals surface area contributed by atoms with Gasteiger partial charge < -0.3 is 24.4 Å². The van der Waals surface area contributed by atoms with Crippen molar-refractivity contribution in [2.45, 2.75) is 20.4 Å². The number of rotatable bonds is 11. The molecule has 2 aromatic rings. The van der Waals surface area contributed by atoms with E-state index in [0.717, 1.165) is 5.56 Å². The maximum atomic E-state index is 12.6. The first-order valence-electron chi connectivity index (χ1n) is 10.5. The number of benzene rings is 2. The molecule has 0 atom stereocenters. The molecule has 2 amide bonds. The maximum absolute atomic E-state index is 12.6. The molecule has 0 saturated carbocycles. The Morgan fingerprint density at radius 2 is 1.62 bits per heavy atom. The first kappa shape index (κ1) is 25.0. The van der Waals surface area contributed by atoms with Crippen LogP contribution in [0.15, 0.2) is 36.4 Å². The molecule has 8 heteroatoms. The number of likely N-dealkylation sites (N-methyl/N-ethyl adjacent to an activating group) is 1. The van der Waals surface area contributed by atoms with E-state index in [-0.39, 0.29) is 18.4 Å². The van der Waals surface area contributed by atoms with Crippen molar-refractivity contribution >= 4 is 17.5 Å². The highest BCUT2D eigenvalue weighted by molar-refractivity contribution is 5.97. The van der Waals surface area contributed by atoms with E-state index in [2.05, 4.69) is 5.32 Å². The van der Waals surface area contributed by atoms with Gasteiger partial charge in [0.15, 0.2) is 11.5 Å². The SMILES string of the molecule is CCN(CC)C(=O)c1cccc(NC(=O)CN(C)Cc2ccc(OC)c(OC)c2OC)c1. The molecule has 174 valence electrons. The largest absolute Gasteiger partial charge is 0.493 e. The molecule has 0 heterocycles. The standard InChI is InChI=1S/C24H33N3O5/c1-7-27(8-2)24(29)17-10-9-11-19(14-17)25-21(28)16-26(3)15-18-12-13-20(30-4)23(32-6)22(18)31-5/h9-14H,7-8,15-16H2,1-6H3,(H,25,28). The Morgan fingerprint density at radius 3 is 2.22 bits per heavy atom. The van der Waals surface area contributed by atoms with Crippen molar-refractivity contribution in [3.8, 4) is 17.2 Å². The van der Waals surface area contributed by atoms with Crippen LogP contribution in [0.5, 0.6) is 17.2 Å². The molecule has 0 radical (unpaired) electrons. The third-order valence-electron chi connectivity index (χ3n) is 5.08. The van der Waals surface area contributed by atoms with Crippen molar-refractivity contribution in [1.82, 2.24) is 9.80 Å². The van der Waals surface area contributed by atoms with Crippen LogP contribution >= 0.6 is 0 Å². The second kappa shape index (κ2) is 12.0. The van der Waals surface area contributed by atoms with Gasteiger partial charge in [-0.3, -0.25) is 14.5 Å². The van der Waals surface area contributed by atoms with Crippen LogP contribution in [-0.2, 0) is 11.3 Å². The summed E-state index contributed by atoms with van der Waals surface area (Å²) in [5.41, 5.74) is 2.01. The average Bonchev–Trinajstić information content (AvgIpc) is 2.79. The number of carbonyl (C=O) groups excluding carboxylic acids is 2. The minimum atomic E-state index is -0.181. The summed E-state index contributed by atoms with van der Waals surface area (Å²) >= 11 is 0. The molecule has 2 aromatic carbocycles. The van der Waals surface area contributed by atoms with Crippen molar-refractivity contribution in [1.29, 1.82) is 0 Å². The van der Waals surface area contributed by atoms with Crippen LogP contribution in [-0.4, -0.2) is 69.6 Å². The molecule has 0 aliphatic carbocycles. The first-order valence-corrected chi connectivity index (χ1v) is 10.5. The highest BCUT2D eigenvalue weighted by Crippen LogP contribution is 2.40. The zero-order valence-electron chi connectivity index (χ0n) is 19.7. The minimum absolute atomic E-state index is 0.0521. The van der Waals surface area contributed by atoms with E-state index in [9.17, 15) is 9.59 Å². The molecular weight excluding hydrogens is 410 g/mol. The van der Waals surface area contributed by atoms with Crippen molar-refractivity contribution in [3.05, 3.63) is 47.5 Å². The predicted molar refractivity (Wildman–Crippen MR) is 125 cm³/mol. The average molecular weight is 444 g/mol. The van der Waals surface area contributed by atoms with Gasteiger partial charge in [0.25, 0.3) is 5.91 Å². The first-order chi connectivity index (χ1) is 15.4. The van der Waals surface area contributed by atoms with Gasteiger partial charge in [-0.15, -0.1) is 0 Å². The van der Waals surface area contributed by atoms with Gasteiger partial charge in [0.2, 0.25) is 11.7 Å². The summed E-state index contributed by atoms with van der Waals surface area (Å²) < 4.78 is 16.3. The van der Waals surface area contributed by atoms with E-state index in [1.165, 1.54) is 0 Å². The molecule has 0 aromatic heterocycles. The van der Waals surface area contributed by atoms with Gasteiger partial charge in [0.05, 0.1) is 27.9 Å². The minimum Gasteiger partial charge on any atom is -0.493 e. The van der Waals surface area contributed by atoms with Crippen molar-refractivity contribution in [3.63, 3.8) is 0 Å². The molecule has 0 unspecified atom stereocenters. The van der Waals surface area contributed by atoms with Crippen molar-refractivity contribution < 1.29 is 23.8 Å². The number of hydrogen-bond donors (Lipinski definition) is 1. The second-order valence-corrected chi connectivity index (χ2v) is 7.27. The molecule has 32 heavy (non-hydrogen) atoms. The van der Waals surface area contributed by atoms with Crippen molar-refractivity contribution in [2.24, 2.45) is 0 Å². The Bertz CT molecular complexity index is 928. The fourth-order valence-corrected chi connectivity index (χ4v) is 3.50. The van der Waals surface area contributed by atoms with E-state index < -0.39 is 0 Å². The fraction of sp³-hybridized carbons (Fsp3) is 0.417. The molecule has 0 aliphatic heterocycles. The summed E-state index contributed by atoms with van der Waals surface area (Å²) in [6.07, 6.45) is 0. The van der Waals surface area contributed by atoms with Gasteiger partial charge in [0.1, 0.15) is 0 Å². The Morgan fingerprint density at radius 1 is 0.938 bits per heavy atom. The lowest BCUT2D eigenvalue weighted by Gasteiger charge is -2.21. The molecule has 0 bridgehead atoms. The number of anilines is 1. The topological polar surface area (TPSA) is 80.3 Å². The Labute approximate surface area is 190 Å². The van der Waals surface area contributed by atoms with Crippen LogP contribution in [0.3, 0.4) is 0 Å². The molecule has 0 saturated heterocycles. The quantitative estimate of drug-likeness (QED) is 0.574. The van der Waals surface area contributed by atoms with Crippen LogP contribution in [0.1, 0.15) is 29.8 Å². The number of nitrogens with one attached hydrogen (secondary N) is 1. The summed E-state index contributed by atoms with van der Waals surface area (Å²) in [6.45, 7) is 5.78. The van der Waals surface area contributed by atoms with Gasteiger partial charge in [-0.1, -0.05) is 12.1 Å². The summed E-state index contributed by atoms with van der Waals surface area (Å²) in [7, 11) is 6.54. The zero-order chi connectivity index (χ0) is 23.7. The molecule has 8 nitrogen and oxygen atoms in total. The number of hydrogen-bond acceptors (Lipinski definition) is 6. The summed E-state index contributed by atoms with van der Waals surface area (Å²) in [5.74, 6) is 1.43. The molecule has 0 aliphatic rings. The molecular formula is C24H33N3O5. The van der Waals surface area contributed by atoms with Crippen LogP contribution in [0.2, 0.25) is 0 Å². The number of amides is 2. The monoisotopic (exact) mass is 443 g/mol. The predicted octanol–water partition coefficient (Wildman–Crippen LogP) is 3.26. The third kappa shape index (κ3) is 6.13. The molecule has 1 N–H and O–H groups in total. The second-order valence-electron chi connectivity index (χ2n) is 7.27. The summed E-state index contributed by atoms with van der Waals surface area (Å²) in [5, 5.41) is 2.87. The maximum Gasteiger partial charge on any atom is 0.253 e. The number of nitrogens with zero attached hydrogens (tertiary/aromatic N) is 2. The van der Waals surface area contributed by atoms with Crippen LogP contribution < -0.4 is 19.5 Å². The van der Waals surface area contributed by atoms with Gasteiger partial charge in [-0.05, 0) is 45.2 Å². The fourth-order valence-electron chi connectivity index (χ4n) is 3.50. The lowest BCUT2D eigenvalue weighted by atomic mass is 10.1. The van der Waals surface area contributed by atoms with E-state index in [0.29, 0.717) is 48.1 Å². The van der Waals surface area contributed by atoms with Crippen LogP contribution in [0.25, 0.3) is 0 Å². The number of carbonyl (C=O) groups is 2. The Balaban J connectivity index is 2.05. The highest BCUT2D eigenvalue weighted by Gasteiger charge is 2.18. The van der Waals surface area contributed by atoms with Gasteiger partial charge in [-0.2, -0.15) is 0 Å². The van der Waals surface area contributed by atoms with Gasteiger partial charge in [0, 0.05) is 36.4 Å². The van der Waals surface area contributed by atoms with Crippen LogP contribution in [0.4, 0.5) is 5.69 Å². The smallest absolute Gasteiger partial charge is 0.253 e. The Hall–Kier alpha value is -3.26. The third-order valence-corrected chi connectivity index (χ3v) is 5.08. The van der Waals surface area contributed by atoms with Crippen LogP contribution in [0, 0.1) is 0 Å². The molecule has 0 spiro atoms. The molecule has 2 rings (SSSR count). The van der Waals surface area contributed by atoms with E-state index in [4.69, 9.17) is 14.2 Å². The van der Waals surface area contributed by atoms with Gasteiger partial charge >= 0.3 is 0 Å². The van der Waals surface area contributed by atoms with E-state index in [1.54, 1.807) is 50.5 Å². The van der Waals surface area contributed by atoms with E-state index in [1.807, 2.05) is 37.9 Å². The number of ether oxygens (including phenoxy) is 3. The van der Waals surface area contributed by atoms with Crippen molar-refractivity contribution in [2.75, 3.05) is 53.3 Å². The summed E-state index contributed by atoms with van der Waals surface area (Å²) in [4.78, 5) is 28.8. The lowest BCUT2D eigenvalue weighted by molar-refractivity contribution is -0.117. The number of methoxy groups -OCH3 is 3. The highest BCUT2D eigenvalue weighted by atomic mass is 16.5. The zero-order valence-corrected chi connectivity index (χ0v) is 19.7. The molecule has 0 fully saturated rings.